The molecule has 12 nitrogen and oxygen atoms in total. The van der Waals surface area contributed by atoms with E-state index in [2.05, 4.69) is 168 Å². The SMILES string of the molecule is Cc1cc2c(oc3ccc4ccccc4c32)c(-c2nccc[n+]2C)c1C.Cc1ccc2c(oc3ccc4ccccc4c32)c1-c1cccn[n+]1C.[2H]C([2H])([2H])c1cc(C)c(-c2nccc[n+]2C)c2oc3ccc4ccccc4c3c12.[2H]C([2H])([2H])c1ccc(-c2c(C)ccc3c2oc2ccc4ccccc4c23)[n+](C)n1. The van der Waals surface area contributed by atoms with Crippen LogP contribution in [-0.4, -0.2) is 20.2 Å². The van der Waals surface area contributed by atoms with Crippen LogP contribution in [0.4, 0.5) is 0 Å². The molecule has 0 N–H and O–H groups in total. The number of aromatic nitrogens is 8. The molecular weight excluding hydrogens is 1270 g/mol. The highest BCUT2D eigenvalue weighted by Gasteiger charge is 2.28. The molecule has 103 heavy (non-hydrogen) atoms. The lowest BCUT2D eigenvalue weighted by atomic mass is 9.96. The first-order valence-electron chi connectivity index (χ1n) is 37.3. The van der Waals surface area contributed by atoms with Crippen molar-refractivity contribution in [3.05, 3.63) is 288 Å². The molecule has 20 rings (SSSR count). The molecule has 8 heterocycles. The van der Waals surface area contributed by atoms with Crippen LogP contribution in [0, 0.1) is 48.3 Å². The van der Waals surface area contributed by atoms with Crippen molar-refractivity contribution >= 4 is 131 Å². The van der Waals surface area contributed by atoms with E-state index in [0.29, 0.717) is 22.1 Å². The van der Waals surface area contributed by atoms with E-state index in [-0.39, 0.29) is 5.69 Å². The molecule has 0 unspecified atom stereocenters. The third kappa shape index (κ3) is 10.7. The van der Waals surface area contributed by atoms with Gasteiger partial charge in [0.05, 0.1) is 43.8 Å². The normalized spacial score (nSPS) is 12.7. The van der Waals surface area contributed by atoms with Gasteiger partial charge in [0, 0.05) is 75.6 Å². The predicted octanol–water partition coefficient (Wildman–Crippen LogP) is 20.7. The summed E-state index contributed by atoms with van der Waals surface area (Å²) >= 11 is 0. The Kier molecular flexibility index (Phi) is 14.1. The van der Waals surface area contributed by atoms with Gasteiger partial charge in [-0.1, -0.05) is 161 Å². The Labute approximate surface area is 602 Å². The lowest BCUT2D eigenvalue weighted by molar-refractivity contribution is -0.720. The van der Waals surface area contributed by atoms with E-state index >= 15 is 0 Å². The molecule has 0 fully saturated rings. The van der Waals surface area contributed by atoms with Gasteiger partial charge in [0.1, 0.15) is 62.7 Å². The quantitative estimate of drug-likeness (QED) is 0.160. The van der Waals surface area contributed by atoms with Crippen molar-refractivity contribution in [3.8, 4) is 45.3 Å². The van der Waals surface area contributed by atoms with Crippen LogP contribution >= 0.6 is 0 Å². The van der Waals surface area contributed by atoms with E-state index in [1.165, 1.54) is 54.4 Å². The second kappa shape index (κ2) is 25.4. The summed E-state index contributed by atoms with van der Waals surface area (Å²) in [5.41, 5.74) is 18.2. The number of benzene rings is 12. The van der Waals surface area contributed by atoms with E-state index in [4.69, 9.17) is 25.9 Å². The maximum Gasteiger partial charge on any atom is 0.334 e. The van der Waals surface area contributed by atoms with Gasteiger partial charge >= 0.3 is 11.6 Å². The summed E-state index contributed by atoms with van der Waals surface area (Å²) in [4.78, 5) is 9.18. The van der Waals surface area contributed by atoms with Gasteiger partial charge in [0.25, 0.3) is 0 Å². The van der Waals surface area contributed by atoms with Crippen LogP contribution in [0.3, 0.4) is 0 Å². The summed E-state index contributed by atoms with van der Waals surface area (Å²) in [7, 11) is 7.67. The molecule has 0 spiro atoms. The second-order valence-electron chi connectivity index (χ2n) is 26.6. The molecule has 0 atom stereocenters. The molecule has 0 radical (unpaired) electrons. The monoisotopic (exact) mass is 1350 g/mol. The highest BCUT2D eigenvalue weighted by Crippen LogP contribution is 2.45. The molecule has 0 aliphatic carbocycles. The Morgan fingerprint density at radius 3 is 1.26 bits per heavy atom. The maximum absolute atomic E-state index is 8.16. The van der Waals surface area contributed by atoms with Crippen molar-refractivity contribution in [2.24, 2.45) is 28.2 Å². The number of furan rings is 4. The van der Waals surface area contributed by atoms with E-state index in [9.17, 15) is 0 Å². The first-order valence-corrected chi connectivity index (χ1v) is 34.3. The molecule has 12 aromatic carbocycles. The molecule has 0 saturated carbocycles. The molecular formula is C91H74N8O4+4. The third-order valence-corrected chi connectivity index (χ3v) is 20.2. The number of hydrogen-bond acceptors (Lipinski definition) is 8. The number of fused-ring (bicyclic) bond motifs is 20. The fourth-order valence-electron chi connectivity index (χ4n) is 15.2. The molecule has 8 aromatic heterocycles. The highest BCUT2D eigenvalue weighted by molar-refractivity contribution is 6.24. The van der Waals surface area contributed by atoms with Crippen molar-refractivity contribution in [3.63, 3.8) is 0 Å². The average molecular weight is 1350 g/mol. The lowest BCUT2D eigenvalue weighted by Crippen LogP contribution is -2.36. The molecule has 0 aliphatic rings. The van der Waals surface area contributed by atoms with Gasteiger partial charge in [0.15, 0.2) is 25.3 Å². The Hall–Kier alpha value is -12.8. The van der Waals surface area contributed by atoms with Crippen LogP contribution in [0.5, 0.6) is 0 Å². The second-order valence-corrected chi connectivity index (χ2v) is 26.6. The largest absolute Gasteiger partial charge is 0.455 e. The lowest BCUT2D eigenvalue weighted by Gasteiger charge is -2.07. The number of rotatable bonds is 4. The van der Waals surface area contributed by atoms with Crippen molar-refractivity contribution in [1.29, 1.82) is 0 Å². The maximum atomic E-state index is 8.16. The number of aryl methyl sites for hydroxylation is 10. The molecule has 12 heteroatoms. The topological polar surface area (TPSA) is 120 Å². The summed E-state index contributed by atoms with van der Waals surface area (Å²) in [5, 5.41) is 26.2. The zero-order valence-corrected chi connectivity index (χ0v) is 58.4. The summed E-state index contributed by atoms with van der Waals surface area (Å²) in [6.45, 7) is 5.85. The van der Waals surface area contributed by atoms with Crippen molar-refractivity contribution in [2.75, 3.05) is 0 Å². The van der Waals surface area contributed by atoms with Gasteiger partial charge in [0.2, 0.25) is 11.4 Å². The Morgan fingerprint density at radius 2 is 0.777 bits per heavy atom. The molecule has 0 saturated heterocycles. The first-order chi connectivity index (χ1) is 52.6. The Balaban J connectivity index is 0.000000106. The van der Waals surface area contributed by atoms with Gasteiger partial charge in [-0.15, -0.1) is 0 Å². The van der Waals surface area contributed by atoms with Crippen LogP contribution in [0.25, 0.3) is 176 Å². The summed E-state index contributed by atoms with van der Waals surface area (Å²) in [6.07, 6.45) is 9.31. The molecule has 0 bridgehead atoms. The minimum absolute atomic E-state index is 0.0733. The summed E-state index contributed by atoms with van der Waals surface area (Å²) in [5.74, 6) is 1.65. The van der Waals surface area contributed by atoms with Crippen molar-refractivity contribution < 1.29 is 44.4 Å². The van der Waals surface area contributed by atoms with Crippen LogP contribution in [0.1, 0.15) is 47.3 Å². The highest BCUT2D eigenvalue weighted by atomic mass is 16.3. The Bertz CT molecular complexity index is 7110. The van der Waals surface area contributed by atoms with Crippen LogP contribution in [-0.2, 0) is 28.2 Å². The van der Waals surface area contributed by atoms with E-state index in [0.717, 1.165) is 133 Å². The fraction of sp³-hybridized carbons (Fsp3) is 0.121. The average Bonchev–Trinajstić information content (AvgIpc) is 1.61. The van der Waals surface area contributed by atoms with Gasteiger partial charge < -0.3 is 17.7 Å². The molecule has 0 amide bonds. The van der Waals surface area contributed by atoms with Crippen molar-refractivity contribution in [1.82, 2.24) is 20.2 Å². The first kappa shape index (κ1) is 57.0. The fourth-order valence-corrected chi connectivity index (χ4v) is 15.2. The molecule has 20 aromatic rings. The molecule has 0 aliphatic heterocycles. The zero-order chi connectivity index (χ0) is 75.5. The number of nitrogens with zero attached hydrogens (tertiary/aromatic N) is 8. The summed E-state index contributed by atoms with van der Waals surface area (Å²) < 4.78 is 80.2. The van der Waals surface area contributed by atoms with Gasteiger partial charge in [-0.3, -0.25) is 0 Å². The van der Waals surface area contributed by atoms with Crippen LogP contribution in [0.2, 0.25) is 0 Å². The smallest absolute Gasteiger partial charge is 0.334 e. The van der Waals surface area contributed by atoms with E-state index in [1.54, 1.807) is 36.3 Å². The van der Waals surface area contributed by atoms with Crippen molar-refractivity contribution in [2.45, 2.75) is 48.3 Å². The van der Waals surface area contributed by atoms with Gasteiger partial charge in [-0.25, -0.2) is 9.13 Å². The third-order valence-electron chi connectivity index (χ3n) is 20.2. The zero-order valence-electron chi connectivity index (χ0n) is 64.4. The van der Waals surface area contributed by atoms with Crippen LogP contribution in [0.15, 0.2) is 267 Å². The number of hydrogen-bond donors (Lipinski definition) is 0. The van der Waals surface area contributed by atoms with Gasteiger partial charge in [-0.2, -0.15) is 0 Å². The van der Waals surface area contributed by atoms with E-state index in [1.807, 2.05) is 146 Å². The molecule has 498 valence electrons. The van der Waals surface area contributed by atoms with Gasteiger partial charge in [-0.05, 0) is 187 Å². The van der Waals surface area contributed by atoms with E-state index < -0.39 is 13.7 Å². The van der Waals surface area contributed by atoms with Crippen LogP contribution < -0.4 is 18.5 Å². The Morgan fingerprint density at radius 1 is 0.320 bits per heavy atom. The predicted molar refractivity (Wildman–Crippen MR) is 416 cm³/mol. The minimum atomic E-state index is -2.26. The standard InChI is InChI=1S/3C23H19N2O.C22H17N2O/c1-14-13-18-21-17-8-5-4-7-16(17)9-10-19(21)26-22(18)20(15(14)2)23-24-11-6-12-25(23)3;1-14-13-15(2)20(23-24-11-6-12-25(23)3)22-19(14)21-17-8-5-4-7-16(17)9-10-18(21)26-22;1-14-8-11-18-22-17-7-5-4-6-16(17)10-13-20(22)26-23(18)21(14)19-12-9-15(2)24-25(19)3;1-14-9-11-17-21-16-7-4-3-6-15(16)10-12-19(21)25-22(17)20(14)18-8-5-13-23-24(18)2/h3*4-13H,1-3H3;3-13H,1-2H3/q4*+1/i;1D3;2D3;. The summed E-state index contributed by atoms with van der Waals surface area (Å²) in [6, 6.07) is 73.3. The minimum Gasteiger partial charge on any atom is -0.455 e.